The molecule has 1 aliphatic carbocycles. The summed E-state index contributed by atoms with van der Waals surface area (Å²) in [6.45, 7) is 0. The van der Waals surface area contributed by atoms with Gasteiger partial charge in [-0.05, 0) is 12.8 Å². The van der Waals surface area contributed by atoms with E-state index in [1.54, 1.807) is 6.20 Å². The van der Waals surface area contributed by atoms with Crippen molar-refractivity contribution < 1.29 is 4.79 Å². The zero-order valence-corrected chi connectivity index (χ0v) is 6.00. The minimum atomic E-state index is 0.539. The van der Waals surface area contributed by atoms with Gasteiger partial charge in [0.1, 0.15) is 5.69 Å². The minimum Gasteiger partial charge on any atom is -0.379 e. The summed E-state index contributed by atoms with van der Waals surface area (Å²) in [7, 11) is 0. The highest BCUT2D eigenvalue weighted by Crippen LogP contribution is 2.25. The summed E-state index contributed by atoms with van der Waals surface area (Å²) in [6, 6.07) is 0.561. The Morgan fingerprint density at radius 3 is 3.18 bits per heavy atom. The van der Waals surface area contributed by atoms with Gasteiger partial charge < -0.3 is 5.32 Å². The van der Waals surface area contributed by atoms with Gasteiger partial charge in [0.15, 0.2) is 6.29 Å². The van der Waals surface area contributed by atoms with Gasteiger partial charge in [-0.1, -0.05) is 0 Å². The lowest BCUT2D eigenvalue weighted by Gasteiger charge is -1.98. The van der Waals surface area contributed by atoms with E-state index in [2.05, 4.69) is 15.5 Å². The van der Waals surface area contributed by atoms with Crippen LogP contribution in [0.3, 0.4) is 0 Å². The van der Waals surface area contributed by atoms with Gasteiger partial charge in [0.05, 0.1) is 11.9 Å². The van der Waals surface area contributed by atoms with E-state index in [1.807, 2.05) is 0 Å². The molecule has 4 heteroatoms. The molecule has 1 heterocycles. The van der Waals surface area contributed by atoms with Gasteiger partial charge in [-0.2, -0.15) is 5.10 Å². The van der Waals surface area contributed by atoms with Crippen LogP contribution in [0, 0.1) is 0 Å². The summed E-state index contributed by atoms with van der Waals surface area (Å²) in [6.07, 6.45) is 4.81. The number of aromatic nitrogens is 2. The SMILES string of the molecule is O=Cc1[nH]ncc1NC1CC1. The number of carbonyl (C=O) groups excluding carboxylic acids is 1. The van der Waals surface area contributed by atoms with Crippen molar-refractivity contribution in [3.63, 3.8) is 0 Å². The zero-order chi connectivity index (χ0) is 7.68. The highest BCUT2D eigenvalue weighted by molar-refractivity contribution is 5.81. The Morgan fingerprint density at radius 2 is 2.55 bits per heavy atom. The Labute approximate surface area is 64.0 Å². The lowest BCUT2D eigenvalue weighted by Crippen LogP contribution is -2.01. The van der Waals surface area contributed by atoms with Crippen LogP contribution in [0.25, 0.3) is 0 Å². The molecule has 2 N–H and O–H groups in total. The van der Waals surface area contributed by atoms with Crippen LogP contribution >= 0.6 is 0 Å². The third kappa shape index (κ3) is 1.24. The van der Waals surface area contributed by atoms with Gasteiger partial charge in [-0.25, -0.2) is 0 Å². The van der Waals surface area contributed by atoms with Crippen molar-refractivity contribution in [2.75, 3.05) is 5.32 Å². The number of rotatable bonds is 3. The Balaban J connectivity index is 2.13. The van der Waals surface area contributed by atoms with Crippen LogP contribution in [0.4, 0.5) is 5.69 Å². The molecule has 1 aromatic rings. The third-order valence-corrected chi connectivity index (χ3v) is 1.72. The van der Waals surface area contributed by atoms with Gasteiger partial charge in [0.2, 0.25) is 0 Å². The highest BCUT2D eigenvalue weighted by Gasteiger charge is 2.22. The number of nitrogens with one attached hydrogen (secondary N) is 2. The topological polar surface area (TPSA) is 57.8 Å². The van der Waals surface area contributed by atoms with Crippen LogP contribution in [0.5, 0.6) is 0 Å². The first-order valence-electron chi connectivity index (χ1n) is 3.65. The van der Waals surface area contributed by atoms with Crippen molar-refractivity contribution in [1.29, 1.82) is 0 Å². The molecule has 1 fully saturated rings. The van der Waals surface area contributed by atoms with E-state index < -0.39 is 0 Å². The summed E-state index contributed by atoms with van der Waals surface area (Å²) in [5.41, 5.74) is 1.36. The molecule has 2 rings (SSSR count). The van der Waals surface area contributed by atoms with E-state index in [0.29, 0.717) is 11.7 Å². The summed E-state index contributed by atoms with van der Waals surface area (Å²) in [5.74, 6) is 0. The van der Waals surface area contributed by atoms with E-state index in [0.717, 1.165) is 12.0 Å². The van der Waals surface area contributed by atoms with Crippen molar-refractivity contribution in [2.45, 2.75) is 18.9 Å². The predicted octanol–water partition coefficient (Wildman–Crippen LogP) is 0.796. The van der Waals surface area contributed by atoms with Crippen LogP contribution in [0.1, 0.15) is 23.3 Å². The highest BCUT2D eigenvalue weighted by atomic mass is 16.1. The maximum Gasteiger partial charge on any atom is 0.169 e. The lowest BCUT2D eigenvalue weighted by atomic mass is 10.4. The van der Waals surface area contributed by atoms with Gasteiger partial charge in [0.25, 0.3) is 0 Å². The molecule has 1 aromatic heterocycles. The van der Waals surface area contributed by atoms with E-state index >= 15 is 0 Å². The van der Waals surface area contributed by atoms with Crippen LogP contribution in [0.2, 0.25) is 0 Å². The molecular formula is C7H9N3O. The maximum atomic E-state index is 10.4. The van der Waals surface area contributed by atoms with Gasteiger partial charge >= 0.3 is 0 Å². The van der Waals surface area contributed by atoms with Gasteiger partial charge in [-0.15, -0.1) is 0 Å². The molecule has 0 amide bonds. The van der Waals surface area contributed by atoms with Crippen molar-refractivity contribution in [3.05, 3.63) is 11.9 Å². The monoisotopic (exact) mass is 151 g/mol. The van der Waals surface area contributed by atoms with Crippen molar-refractivity contribution in [3.8, 4) is 0 Å². The fraction of sp³-hybridized carbons (Fsp3) is 0.429. The molecule has 0 bridgehead atoms. The first-order valence-corrected chi connectivity index (χ1v) is 3.65. The average molecular weight is 151 g/mol. The number of anilines is 1. The molecule has 4 nitrogen and oxygen atoms in total. The Kier molecular flexibility index (Phi) is 1.38. The normalized spacial score (nSPS) is 16.4. The zero-order valence-electron chi connectivity index (χ0n) is 6.00. The molecule has 58 valence electrons. The molecule has 1 aliphatic rings. The summed E-state index contributed by atoms with van der Waals surface area (Å²) in [5, 5.41) is 9.55. The second-order valence-electron chi connectivity index (χ2n) is 2.73. The largest absolute Gasteiger partial charge is 0.379 e. The van der Waals surface area contributed by atoms with Crippen molar-refractivity contribution in [2.24, 2.45) is 0 Å². The molecule has 0 radical (unpaired) electrons. The quantitative estimate of drug-likeness (QED) is 0.628. The van der Waals surface area contributed by atoms with E-state index in [4.69, 9.17) is 0 Å². The Bertz CT molecular complexity index is 264. The van der Waals surface area contributed by atoms with Gasteiger partial charge in [-0.3, -0.25) is 9.89 Å². The molecule has 0 aliphatic heterocycles. The fourth-order valence-electron chi connectivity index (χ4n) is 0.949. The maximum absolute atomic E-state index is 10.4. The molecule has 0 saturated heterocycles. The first-order chi connectivity index (χ1) is 5.40. The van der Waals surface area contributed by atoms with Crippen molar-refractivity contribution >= 4 is 12.0 Å². The summed E-state index contributed by atoms with van der Waals surface area (Å²) < 4.78 is 0. The number of nitrogens with zero attached hydrogens (tertiary/aromatic N) is 1. The molecule has 1 saturated carbocycles. The number of aldehydes is 1. The van der Waals surface area contributed by atoms with Crippen LogP contribution in [-0.2, 0) is 0 Å². The van der Waals surface area contributed by atoms with Crippen LogP contribution in [0.15, 0.2) is 6.20 Å². The summed E-state index contributed by atoms with van der Waals surface area (Å²) >= 11 is 0. The van der Waals surface area contributed by atoms with E-state index in [9.17, 15) is 4.79 Å². The predicted molar refractivity (Wildman–Crippen MR) is 40.6 cm³/mol. The molecule has 11 heavy (non-hydrogen) atoms. The number of aromatic amines is 1. The number of H-pyrrole nitrogens is 1. The molecule has 0 spiro atoms. The fourth-order valence-corrected chi connectivity index (χ4v) is 0.949. The minimum absolute atomic E-state index is 0.539. The second-order valence-corrected chi connectivity index (χ2v) is 2.73. The Hall–Kier alpha value is -1.32. The lowest BCUT2D eigenvalue weighted by molar-refractivity contribution is 0.111. The number of hydrogen-bond donors (Lipinski definition) is 2. The van der Waals surface area contributed by atoms with E-state index in [1.165, 1.54) is 12.8 Å². The Morgan fingerprint density at radius 1 is 1.73 bits per heavy atom. The third-order valence-electron chi connectivity index (χ3n) is 1.72. The number of carbonyl (C=O) groups is 1. The van der Waals surface area contributed by atoms with E-state index in [-0.39, 0.29) is 0 Å². The van der Waals surface area contributed by atoms with Crippen LogP contribution < -0.4 is 5.32 Å². The first kappa shape index (κ1) is 6.39. The second kappa shape index (κ2) is 2.38. The standard InChI is InChI=1S/C7H9N3O/c11-4-7-6(3-8-10-7)9-5-1-2-5/h3-5,9H,1-2H2,(H,8,10). The van der Waals surface area contributed by atoms with Gasteiger partial charge in [0, 0.05) is 6.04 Å². The number of hydrogen-bond acceptors (Lipinski definition) is 3. The summed E-state index contributed by atoms with van der Waals surface area (Å²) in [4.78, 5) is 10.4. The molecule has 0 aromatic carbocycles. The molecule has 0 unspecified atom stereocenters. The average Bonchev–Trinajstić information content (AvgIpc) is 2.68. The smallest absolute Gasteiger partial charge is 0.169 e. The molecule has 0 atom stereocenters. The van der Waals surface area contributed by atoms with Crippen molar-refractivity contribution in [1.82, 2.24) is 10.2 Å². The van der Waals surface area contributed by atoms with Crippen LogP contribution in [-0.4, -0.2) is 22.5 Å². The molecular weight excluding hydrogens is 142 g/mol.